The van der Waals surface area contributed by atoms with Gasteiger partial charge in [0, 0.05) is 64.1 Å². The summed E-state index contributed by atoms with van der Waals surface area (Å²) in [6, 6.07) is 0. The van der Waals surface area contributed by atoms with E-state index in [1.54, 1.807) is 0 Å². The second kappa shape index (κ2) is 9.14. The van der Waals surface area contributed by atoms with E-state index < -0.39 is 10.0 Å². The van der Waals surface area contributed by atoms with Crippen molar-refractivity contribution in [3.63, 3.8) is 0 Å². The van der Waals surface area contributed by atoms with Crippen LogP contribution in [-0.4, -0.2) is 83.2 Å². The van der Waals surface area contributed by atoms with Crippen LogP contribution in [0.3, 0.4) is 0 Å². The van der Waals surface area contributed by atoms with Crippen molar-refractivity contribution in [2.45, 2.75) is 46.6 Å². The van der Waals surface area contributed by atoms with Crippen molar-refractivity contribution in [3.8, 4) is 0 Å². The third-order valence-corrected chi connectivity index (χ3v) is 8.36. The number of nitrogens with zero attached hydrogens (tertiary/aromatic N) is 5. The normalized spacial score (nSPS) is 22.2. The smallest absolute Gasteiger partial charge is 0.227 e. The number of piperidine rings is 1. The Bertz CT molecular complexity index is 827. The highest BCUT2D eigenvalue weighted by molar-refractivity contribution is 7.89. The molecule has 2 aliphatic heterocycles. The van der Waals surface area contributed by atoms with Gasteiger partial charge in [0.1, 0.15) is 0 Å². The summed E-state index contributed by atoms with van der Waals surface area (Å²) in [5.74, 6) is 0.0827. The van der Waals surface area contributed by atoms with Crippen molar-refractivity contribution in [2.24, 2.45) is 13.0 Å². The molecule has 3 rings (SSSR count). The lowest BCUT2D eigenvalue weighted by molar-refractivity contribution is -0.138. The maximum atomic E-state index is 13.0. The highest BCUT2D eigenvalue weighted by Gasteiger charge is 2.34. The van der Waals surface area contributed by atoms with Crippen LogP contribution in [0.4, 0.5) is 0 Å². The third kappa shape index (κ3) is 5.00. The van der Waals surface area contributed by atoms with Gasteiger partial charge in [-0.05, 0) is 33.1 Å². The fourth-order valence-corrected chi connectivity index (χ4v) is 6.03. The van der Waals surface area contributed by atoms with Gasteiger partial charge in [0.15, 0.2) is 0 Å². The number of aromatic nitrogens is 2. The Morgan fingerprint density at radius 1 is 1.14 bits per heavy atom. The molecule has 0 aliphatic carbocycles. The lowest BCUT2D eigenvalue weighted by atomic mass is 9.97. The quantitative estimate of drug-likeness (QED) is 0.683. The van der Waals surface area contributed by atoms with Crippen molar-refractivity contribution in [2.75, 3.05) is 45.0 Å². The van der Waals surface area contributed by atoms with Gasteiger partial charge in [0.05, 0.1) is 17.4 Å². The Morgan fingerprint density at radius 2 is 1.83 bits per heavy atom. The molecule has 1 aromatic rings. The van der Waals surface area contributed by atoms with Gasteiger partial charge in [-0.1, -0.05) is 6.92 Å². The Hall–Kier alpha value is -1.45. The van der Waals surface area contributed by atoms with Crippen LogP contribution in [0.2, 0.25) is 0 Å². The van der Waals surface area contributed by atoms with Gasteiger partial charge < -0.3 is 4.90 Å². The number of rotatable bonds is 6. The van der Waals surface area contributed by atoms with Crippen LogP contribution in [0.15, 0.2) is 0 Å². The summed E-state index contributed by atoms with van der Waals surface area (Å²) < 4.78 is 28.2. The second-order valence-electron chi connectivity index (χ2n) is 8.39. The molecule has 1 unspecified atom stereocenters. The van der Waals surface area contributed by atoms with E-state index in [0.29, 0.717) is 32.6 Å². The predicted octanol–water partition coefficient (Wildman–Crippen LogP) is 1.13. The number of hydrogen-bond donors (Lipinski definition) is 0. The van der Waals surface area contributed by atoms with Crippen LogP contribution in [-0.2, 0) is 28.4 Å². The minimum absolute atomic E-state index is 0.120. The van der Waals surface area contributed by atoms with Gasteiger partial charge in [-0.15, -0.1) is 0 Å². The summed E-state index contributed by atoms with van der Waals surface area (Å²) in [6.07, 6.45) is 2.15. The van der Waals surface area contributed by atoms with E-state index in [1.165, 1.54) is 15.6 Å². The molecule has 2 saturated heterocycles. The van der Waals surface area contributed by atoms with Crippen LogP contribution in [0.5, 0.6) is 0 Å². The lowest BCUT2D eigenvalue weighted by Crippen LogP contribution is -2.53. The van der Waals surface area contributed by atoms with Crippen molar-refractivity contribution < 1.29 is 13.2 Å². The summed E-state index contributed by atoms with van der Waals surface area (Å²) in [7, 11) is -1.26. The number of carbonyl (C=O) groups excluding carboxylic acids is 1. The summed E-state index contributed by atoms with van der Waals surface area (Å²) in [4.78, 5) is 17.3. The zero-order valence-corrected chi connectivity index (χ0v) is 19.0. The first-order valence-electron chi connectivity index (χ1n) is 10.7. The Balaban J connectivity index is 1.54. The van der Waals surface area contributed by atoms with Crippen LogP contribution in [0, 0.1) is 19.8 Å². The highest BCUT2D eigenvalue weighted by Crippen LogP contribution is 2.23. The van der Waals surface area contributed by atoms with E-state index in [-0.39, 0.29) is 17.6 Å². The molecule has 8 nitrogen and oxygen atoms in total. The second-order valence-corrected chi connectivity index (χ2v) is 10.5. The van der Waals surface area contributed by atoms with E-state index in [0.717, 1.165) is 38.2 Å². The fraction of sp³-hybridized carbons (Fsp3) is 0.800. The van der Waals surface area contributed by atoms with E-state index in [1.807, 2.05) is 30.5 Å². The van der Waals surface area contributed by atoms with E-state index in [4.69, 9.17) is 0 Å². The number of hydrogen-bond acceptors (Lipinski definition) is 5. The largest absolute Gasteiger partial charge is 0.340 e. The molecule has 1 atom stereocenters. The van der Waals surface area contributed by atoms with Gasteiger partial charge in [-0.2, -0.15) is 5.10 Å². The summed E-state index contributed by atoms with van der Waals surface area (Å²) >= 11 is 0. The summed E-state index contributed by atoms with van der Waals surface area (Å²) in [5.41, 5.74) is 3.53. The van der Waals surface area contributed by atoms with Gasteiger partial charge in [-0.25, -0.2) is 12.7 Å². The Morgan fingerprint density at radius 3 is 2.41 bits per heavy atom. The number of sulfonamides is 1. The first-order chi connectivity index (χ1) is 13.7. The molecule has 0 N–H and O–H groups in total. The molecule has 0 radical (unpaired) electrons. The molecule has 3 heterocycles. The minimum Gasteiger partial charge on any atom is -0.340 e. The lowest BCUT2D eigenvalue weighted by Gasteiger charge is -2.38. The van der Waals surface area contributed by atoms with Crippen molar-refractivity contribution in [3.05, 3.63) is 17.0 Å². The van der Waals surface area contributed by atoms with Crippen LogP contribution >= 0.6 is 0 Å². The summed E-state index contributed by atoms with van der Waals surface area (Å²) in [5, 5.41) is 4.49. The fourth-order valence-electron chi connectivity index (χ4n) is 4.44. The third-order valence-electron chi connectivity index (χ3n) is 6.31. The zero-order chi connectivity index (χ0) is 21.2. The monoisotopic (exact) mass is 425 g/mol. The van der Waals surface area contributed by atoms with E-state index in [9.17, 15) is 13.2 Å². The molecule has 0 saturated carbocycles. The first-order valence-corrected chi connectivity index (χ1v) is 12.3. The molecule has 29 heavy (non-hydrogen) atoms. The van der Waals surface area contributed by atoms with Gasteiger partial charge in [-0.3, -0.25) is 14.4 Å². The zero-order valence-electron chi connectivity index (χ0n) is 18.2. The molecule has 0 bridgehead atoms. The highest BCUT2D eigenvalue weighted by atomic mass is 32.2. The van der Waals surface area contributed by atoms with Crippen LogP contribution < -0.4 is 0 Å². The molecule has 0 aromatic carbocycles. The molecule has 9 heteroatoms. The number of aryl methyl sites for hydroxylation is 2. The average Bonchev–Trinajstić information content (AvgIpc) is 2.94. The average molecular weight is 426 g/mol. The first kappa shape index (κ1) is 22.2. The van der Waals surface area contributed by atoms with Crippen LogP contribution in [0.25, 0.3) is 0 Å². The van der Waals surface area contributed by atoms with Crippen molar-refractivity contribution >= 4 is 15.9 Å². The SMILES string of the molecule is CCCS(=O)(=O)N1CCCC(C(=O)N2CCN(Cc3c(C)nn(C)c3C)CC2)C1. The molecule has 2 fully saturated rings. The Labute approximate surface area is 174 Å². The van der Waals surface area contributed by atoms with Crippen molar-refractivity contribution in [1.29, 1.82) is 0 Å². The number of carbonyl (C=O) groups is 1. The molecule has 1 amide bonds. The van der Waals surface area contributed by atoms with E-state index >= 15 is 0 Å². The molecular weight excluding hydrogens is 390 g/mol. The molecule has 0 spiro atoms. The number of amides is 1. The number of piperazine rings is 1. The van der Waals surface area contributed by atoms with Gasteiger partial charge in [0.25, 0.3) is 0 Å². The molecular formula is C20H35N5O3S. The molecule has 164 valence electrons. The maximum Gasteiger partial charge on any atom is 0.227 e. The standard InChI is InChI=1S/C20H35N5O3S/c1-5-13-29(27,28)25-8-6-7-18(14-25)20(26)24-11-9-23(10-12-24)15-19-16(2)21-22(4)17(19)3/h18H,5-15H2,1-4H3. The van der Waals surface area contributed by atoms with Gasteiger partial charge in [0.2, 0.25) is 15.9 Å². The van der Waals surface area contributed by atoms with E-state index in [2.05, 4.69) is 16.9 Å². The predicted molar refractivity (Wildman–Crippen MR) is 113 cm³/mol. The van der Waals surface area contributed by atoms with Crippen molar-refractivity contribution in [1.82, 2.24) is 23.9 Å². The summed E-state index contributed by atoms with van der Waals surface area (Å²) in [6.45, 7) is 10.8. The van der Waals surface area contributed by atoms with Gasteiger partial charge >= 0.3 is 0 Å². The van der Waals surface area contributed by atoms with Crippen LogP contribution in [0.1, 0.15) is 43.1 Å². The minimum atomic E-state index is -3.23. The molecule has 1 aromatic heterocycles. The molecule has 2 aliphatic rings. The topological polar surface area (TPSA) is 78.8 Å². The maximum absolute atomic E-state index is 13.0. The Kier molecular flexibility index (Phi) is 7.01.